The lowest BCUT2D eigenvalue weighted by Crippen LogP contribution is -2.63. The van der Waals surface area contributed by atoms with Crippen LogP contribution in [-0.2, 0) is 33.4 Å². The van der Waals surface area contributed by atoms with Crippen LogP contribution in [0.5, 0.6) is 0 Å². The van der Waals surface area contributed by atoms with E-state index in [1.807, 2.05) is 26.8 Å². The molecule has 0 bridgehead atoms. The van der Waals surface area contributed by atoms with Crippen LogP contribution in [-0.4, -0.2) is 41.5 Å². The summed E-state index contributed by atoms with van der Waals surface area (Å²) in [5, 5.41) is 0. The van der Waals surface area contributed by atoms with E-state index < -0.39 is 40.8 Å². The maximum atomic E-state index is 13.9. The van der Waals surface area contributed by atoms with Gasteiger partial charge in [0, 0.05) is 41.9 Å². The molecule has 35 heavy (non-hydrogen) atoms. The number of ether oxygens (including phenoxy) is 2. The van der Waals surface area contributed by atoms with Crippen molar-refractivity contribution in [3.63, 3.8) is 0 Å². The molecule has 4 aliphatic rings. The fourth-order valence-electron chi connectivity index (χ4n) is 7.82. The van der Waals surface area contributed by atoms with Crippen LogP contribution in [0, 0.1) is 34.5 Å². The molecule has 0 aliphatic heterocycles. The minimum atomic E-state index is -1.53. The lowest BCUT2D eigenvalue weighted by Gasteiger charge is -2.57. The molecule has 4 rings (SSSR count). The predicted octanol–water partition coefficient (Wildman–Crippen LogP) is 3.93. The summed E-state index contributed by atoms with van der Waals surface area (Å²) < 4.78 is 11.2. The van der Waals surface area contributed by atoms with Gasteiger partial charge in [-0.2, -0.15) is 0 Å². The molecule has 3 fully saturated rings. The van der Waals surface area contributed by atoms with Gasteiger partial charge in [-0.05, 0) is 43.3 Å². The van der Waals surface area contributed by atoms with E-state index in [9.17, 15) is 24.0 Å². The molecule has 0 saturated heterocycles. The zero-order chi connectivity index (χ0) is 25.8. The summed E-state index contributed by atoms with van der Waals surface area (Å²) in [5.74, 6) is -2.11. The third-order valence-corrected chi connectivity index (χ3v) is 9.43. The standard InChI is InChI=1S/C28H36O7/c1-6-23(32)34-15-22(31)28(35-24(33)7-2)16(3)12-20-19-9-8-17-13-18(29)10-11-26(17,4)25(19)21(30)14-27(20,28)5/h10-11,13,16,19-20,25H,6-9,12,14-15H2,1-5H3/t16-,19-,20-,25?,26-,27-,28-/m0/s1. The number of rotatable bonds is 6. The SMILES string of the molecule is CCC(=O)OCC(=O)[C@@]1(OC(=O)CC)[C@@H](C)C[C@H]2[C@@H]3CCC4=CC(=O)C=C[C@]4(C)C3C(=O)C[C@@]21C. The summed E-state index contributed by atoms with van der Waals surface area (Å²) in [4.78, 5) is 64.2. The van der Waals surface area contributed by atoms with Crippen LogP contribution in [0.4, 0.5) is 0 Å². The molecule has 0 heterocycles. The molecule has 0 radical (unpaired) electrons. The molecule has 7 nitrogen and oxygen atoms in total. The molecular weight excluding hydrogens is 448 g/mol. The van der Waals surface area contributed by atoms with E-state index >= 15 is 0 Å². The van der Waals surface area contributed by atoms with Crippen molar-refractivity contribution >= 4 is 29.3 Å². The molecule has 1 unspecified atom stereocenters. The van der Waals surface area contributed by atoms with Crippen molar-refractivity contribution in [3.8, 4) is 0 Å². The zero-order valence-corrected chi connectivity index (χ0v) is 21.3. The van der Waals surface area contributed by atoms with Crippen LogP contribution in [0.2, 0.25) is 0 Å². The monoisotopic (exact) mass is 484 g/mol. The van der Waals surface area contributed by atoms with Gasteiger partial charge < -0.3 is 9.47 Å². The second kappa shape index (κ2) is 8.82. The van der Waals surface area contributed by atoms with E-state index in [0.29, 0.717) is 12.8 Å². The number of allylic oxidation sites excluding steroid dienone is 4. The second-order valence-corrected chi connectivity index (χ2v) is 11.2. The number of esters is 2. The Morgan fingerprint density at radius 3 is 2.43 bits per heavy atom. The maximum Gasteiger partial charge on any atom is 0.306 e. The van der Waals surface area contributed by atoms with Gasteiger partial charge in [-0.15, -0.1) is 0 Å². The van der Waals surface area contributed by atoms with Crippen molar-refractivity contribution in [2.75, 3.05) is 6.61 Å². The van der Waals surface area contributed by atoms with Crippen molar-refractivity contribution in [2.24, 2.45) is 34.5 Å². The number of hydrogen-bond acceptors (Lipinski definition) is 7. The zero-order valence-electron chi connectivity index (χ0n) is 21.3. The first-order valence-corrected chi connectivity index (χ1v) is 12.8. The van der Waals surface area contributed by atoms with Crippen LogP contribution in [0.25, 0.3) is 0 Å². The van der Waals surface area contributed by atoms with Crippen LogP contribution in [0.1, 0.15) is 73.1 Å². The molecule has 0 aromatic carbocycles. The first-order valence-electron chi connectivity index (χ1n) is 12.8. The molecule has 4 aliphatic carbocycles. The van der Waals surface area contributed by atoms with E-state index in [1.54, 1.807) is 26.0 Å². The van der Waals surface area contributed by atoms with Crippen LogP contribution in [0.3, 0.4) is 0 Å². The summed E-state index contributed by atoms with van der Waals surface area (Å²) in [6.07, 6.45) is 7.54. The molecule has 7 atom stereocenters. The van der Waals surface area contributed by atoms with Gasteiger partial charge in [0.1, 0.15) is 5.78 Å². The molecule has 190 valence electrons. The number of Topliss-reactive ketones (excluding diaryl/α,β-unsaturated/α-hetero) is 2. The lowest BCUT2D eigenvalue weighted by molar-refractivity contribution is -0.197. The summed E-state index contributed by atoms with van der Waals surface area (Å²) in [6.45, 7) is 8.69. The van der Waals surface area contributed by atoms with Gasteiger partial charge in [-0.3, -0.25) is 24.0 Å². The first kappa shape index (κ1) is 25.5. The average molecular weight is 485 g/mol. The van der Waals surface area contributed by atoms with E-state index in [2.05, 4.69) is 0 Å². The van der Waals surface area contributed by atoms with E-state index in [1.165, 1.54) is 0 Å². The molecule has 0 aromatic rings. The summed E-state index contributed by atoms with van der Waals surface area (Å²) in [6, 6.07) is 0. The minimum absolute atomic E-state index is 0.00287. The van der Waals surface area contributed by atoms with Gasteiger partial charge in [0.05, 0.1) is 0 Å². The maximum absolute atomic E-state index is 13.9. The molecule has 0 aromatic heterocycles. The van der Waals surface area contributed by atoms with Crippen molar-refractivity contribution < 1.29 is 33.4 Å². The van der Waals surface area contributed by atoms with Crippen LogP contribution >= 0.6 is 0 Å². The van der Waals surface area contributed by atoms with Crippen LogP contribution < -0.4 is 0 Å². The highest BCUT2D eigenvalue weighted by molar-refractivity contribution is 6.02. The molecule has 0 spiro atoms. The lowest BCUT2D eigenvalue weighted by atomic mass is 9.46. The summed E-state index contributed by atoms with van der Waals surface area (Å²) in [5.41, 5.74) is -1.96. The molecule has 7 heteroatoms. The number of ketones is 3. The smallest absolute Gasteiger partial charge is 0.306 e. The Kier molecular flexibility index (Phi) is 6.43. The van der Waals surface area contributed by atoms with Gasteiger partial charge in [0.2, 0.25) is 5.78 Å². The minimum Gasteiger partial charge on any atom is -0.457 e. The van der Waals surface area contributed by atoms with Crippen molar-refractivity contribution in [1.82, 2.24) is 0 Å². The quantitative estimate of drug-likeness (QED) is 0.526. The van der Waals surface area contributed by atoms with E-state index in [-0.39, 0.29) is 54.5 Å². The van der Waals surface area contributed by atoms with Crippen molar-refractivity contribution in [1.29, 1.82) is 0 Å². The highest BCUT2D eigenvalue weighted by Gasteiger charge is 2.73. The van der Waals surface area contributed by atoms with Crippen molar-refractivity contribution in [2.45, 2.75) is 78.7 Å². The van der Waals surface area contributed by atoms with Gasteiger partial charge in [-0.25, -0.2) is 0 Å². The van der Waals surface area contributed by atoms with E-state index in [0.717, 1.165) is 12.0 Å². The average Bonchev–Trinajstić information content (AvgIpc) is 3.04. The number of fused-ring (bicyclic) bond motifs is 5. The highest BCUT2D eigenvalue weighted by atomic mass is 16.6. The first-order chi connectivity index (χ1) is 16.4. The topological polar surface area (TPSA) is 104 Å². The Bertz CT molecular complexity index is 1040. The Labute approximate surface area is 206 Å². The third kappa shape index (κ3) is 3.64. The van der Waals surface area contributed by atoms with Crippen molar-refractivity contribution in [3.05, 3.63) is 23.8 Å². The Hall–Kier alpha value is -2.57. The fourth-order valence-corrected chi connectivity index (χ4v) is 7.82. The molecular formula is C28H36O7. The number of carbonyl (C=O) groups is 5. The Morgan fingerprint density at radius 2 is 1.77 bits per heavy atom. The Balaban J connectivity index is 1.76. The largest absolute Gasteiger partial charge is 0.457 e. The van der Waals surface area contributed by atoms with Gasteiger partial charge in [0.25, 0.3) is 0 Å². The third-order valence-electron chi connectivity index (χ3n) is 9.43. The van der Waals surface area contributed by atoms with Crippen LogP contribution in [0.15, 0.2) is 23.8 Å². The highest BCUT2D eigenvalue weighted by Crippen LogP contribution is 2.68. The number of hydrogen-bond donors (Lipinski definition) is 0. The van der Waals surface area contributed by atoms with Gasteiger partial charge >= 0.3 is 11.9 Å². The molecule has 3 saturated carbocycles. The fraction of sp³-hybridized carbons (Fsp3) is 0.679. The molecule has 0 amide bonds. The predicted molar refractivity (Wildman–Crippen MR) is 127 cm³/mol. The van der Waals surface area contributed by atoms with E-state index in [4.69, 9.17) is 9.47 Å². The Morgan fingerprint density at radius 1 is 1.09 bits per heavy atom. The number of carbonyl (C=O) groups excluding carboxylic acids is 5. The summed E-state index contributed by atoms with van der Waals surface area (Å²) in [7, 11) is 0. The second-order valence-electron chi connectivity index (χ2n) is 11.2. The van der Waals surface area contributed by atoms with Gasteiger partial charge in [-0.1, -0.05) is 46.3 Å². The summed E-state index contributed by atoms with van der Waals surface area (Å²) >= 11 is 0. The normalized spacial score (nSPS) is 39.7. The molecule has 0 N–H and O–H groups in total. The van der Waals surface area contributed by atoms with Gasteiger partial charge in [0.15, 0.2) is 18.0 Å².